The SMILES string of the molecule is CCOC(=O)C1=C(CN2CC[C@]3(F)C(=O)N(C(C)c4ccc(C(=O)O)cc4)C[C@@H]3C2)NC(c2nccs2)=N[C@H]1c1cccc(F)c1C. The van der Waals surface area contributed by atoms with Gasteiger partial charge in [0, 0.05) is 55.8 Å². The minimum absolute atomic E-state index is 0.0282. The molecule has 6 rings (SSSR count). The number of amidine groups is 1. The van der Waals surface area contributed by atoms with Crippen molar-refractivity contribution in [3.63, 3.8) is 0 Å². The number of carbonyl (C=O) groups is 3. The number of hydrogen-bond donors (Lipinski definition) is 2. The molecule has 0 bridgehead atoms. The molecule has 10 nitrogen and oxygen atoms in total. The molecule has 2 aromatic carbocycles. The number of nitrogens with one attached hydrogen (secondary N) is 1. The number of benzene rings is 2. The quantitative estimate of drug-likeness (QED) is 0.312. The molecule has 3 aliphatic rings. The van der Waals surface area contributed by atoms with Crippen molar-refractivity contribution in [2.45, 2.75) is 44.9 Å². The van der Waals surface area contributed by atoms with E-state index in [-0.39, 0.29) is 50.3 Å². The number of carbonyl (C=O) groups excluding carboxylic acids is 2. The molecule has 0 spiro atoms. The lowest BCUT2D eigenvalue weighted by Crippen LogP contribution is -2.52. The standard InChI is InChI=1S/C34H35F2N5O5S/c1-4-46-32(44)27-26(38-29(30-37-13-15-47-30)39-28(27)24-6-5-7-25(35)19(24)2)18-40-14-12-34(36)23(16-40)17-41(33(34)45)20(3)21-8-10-22(11-9-21)31(42)43/h5-11,13,15,20,23,28H,4,12,14,16-18H2,1-3H3,(H,38,39)(H,42,43)/t20?,23-,28-,34+/m0/s1. The highest BCUT2D eigenvalue weighted by molar-refractivity contribution is 7.11. The highest BCUT2D eigenvalue weighted by atomic mass is 32.1. The number of aromatic carboxylic acids is 1. The summed E-state index contributed by atoms with van der Waals surface area (Å²) in [6.45, 7) is 6.17. The molecule has 3 aromatic rings. The predicted molar refractivity (Wildman–Crippen MR) is 171 cm³/mol. The van der Waals surface area contributed by atoms with Crippen molar-refractivity contribution in [2.24, 2.45) is 10.9 Å². The van der Waals surface area contributed by atoms with Crippen molar-refractivity contribution in [3.05, 3.63) is 98.4 Å². The van der Waals surface area contributed by atoms with Gasteiger partial charge in [-0.15, -0.1) is 11.3 Å². The first kappa shape index (κ1) is 32.5. The zero-order chi connectivity index (χ0) is 33.5. The Balaban J connectivity index is 1.29. The molecular formula is C34H35F2N5O5S. The molecule has 0 aliphatic carbocycles. The van der Waals surface area contributed by atoms with Gasteiger partial charge in [-0.1, -0.05) is 24.3 Å². The Morgan fingerprint density at radius 1 is 1.21 bits per heavy atom. The molecule has 2 saturated heterocycles. The van der Waals surface area contributed by atoms with E-state index < -0.39 is 47.3 Å². The average molecular weight is 664 g/mol. The monoisotopic (exact) mass is 663 g/mol. The third-order valence-corrected chi connectivity index (χ3v) is 10.1. The Bertz CT molecular complexity index is 1760. The number of rotatable bonds is 9. The lowest BCUT2D eigenvalue weighted by Gasteiger charge is -2.38. The number of thiazole rings is 1. The van der Waals surface area contributed by atoms with Crippen LogP contribution in [0, 0.1) is 18.7 Å². The second kappa shape index (κ2) is 13.0. The fourth-order valence-corrected chi connectivity index (χ4v) is 7.25. The Kier molecular flexibility index (Phi) is 8.95. The van der Waals surface area contributed by atoms with Crippen LogP contribution >= 0.6 is 11.3 Å². The minimum Gasteiger partial charge on any atom is -0.478 e. The van der Waals surface area contributed by atoms with Crippen LogP contribution in [0.5, 0.6) is 0 Å². The summed E-state index contributed by atoms with van der Waals surface area (Å²) in [4.78, 5) is 51.1. The molecule has 0 saturated carbocycles. The maximum absolute atomic E-state index is 16.5. The van der Waals surface area contributed by atoms with Crippen molar-refractivity contribution in [1.29, 1.82) is 0 Å². The van der Waals surface area contributed by atoms with Gasteiger partial charge in [0.25, 0.3) is 5.91 Å². The van der Waals surface area contributed by atoms with Gasteiger partial charge < -0.3 is 20.1 Å². The third-order valence-electron chi connectivity index (χ3n) is 9.30. The van der Waals surface area contributed by atoms with E-state index in [0.717, 1.165) is 0 Å². The largest absolute Gasteiger partial charge is 0.478 e. The summed E-state index contributed by atoms with van der Waals surface area (Å²) in [5.41, 5.74) is 0.414. The van der Waals surface area contributed by atoms with Gasteiger partial charge in [-0.2, -0.15) is 0 Å². The van der Waals surface area contributed by atoms with Gasteiger partial charge in [0.1, 0.15) is 11.9 Å². The Morgan fingerprint density at radius 2 is 1.98 bits per heavy atom. The fraction of sp³-hybridized carbons (Fsp3) is 0.382. The van der Waals surface area contributed by atoms with E-state index in [2.05, 4.69) is 10.3 Å². The Labute approximate surface area is 274 Å². The zero-order valence-electron chi connectivity index (χ0n) is 26.2. The average Bonchev–Trinajstić information content (AvgIpc) is 3.69. The van der Waals surface area contributed by atoms with E-state index >= 15 is 4.39 Å². The second-order valence-electron chi connectivity index (χ2n) is 12.0. The highest BCUT2D eigenvalue weighted by Crippen LogP contribution is 2.43. The van der Waals surface area contributed by atoms with Gasteiger partial charge in [0.2, 0.25) is 0 Å². The van der Waals surface area contributed by atoms with Crippen LogP contribution in [0.2, 0.25) is 0 Å². The van der Waals surface area contributed by atoms with E-state index in [1.165, 1.54) is 34.4 Å². The summed E-state index contributed by atoms with van der Waals surface area (Å²) >= 11 is 1.36. The Morgan fingerprint density at radius 3 is 2.66 bits per heavy atom. The van der Waals surface area contributed by atoms with Crippen LogP contribution in [0.1, 0.15) is 64.4 Å². The summed E-state index contributed by atoms with van der Waals surface area (Å²) in [5.74, 6) is -2.83. The van der Waals surface area contributed by atoms with Gasteiger partial charge in [-0.3, -0.25) is 14.7 Å². The molecule has 2 N–H and O–H groups in total. The third kappa shape index (κ3) is 6.05. The lowest BCUT2D eigenvalue weighted by atomic mass is 9.84. The summed E-state index contributed by atoms with van der Waals surface area (Å²) in [6.07, 6.45) is 1.62. The van der Waals surface area contributed by atoms with E-state index in [4.69, 9.17) is 9.73 Å². The summed E-state index contributed by atoms with van der Waals surface area (Å²) in [5, 5.41) is 14.9. The van der Waals surface area contributed by atoms with Crippen LogP contribution in [0.4, 0.5) is 8.78 Å². The summed E-state index contributed by atoms with van der Waals surface area (Å²) in [6, 6.07) is 9.59. The molecule has 13 heteroatoms. The normalized spacial score (nSPS) is 23.6. The maximum atomic E-state index is 16.5. The Hall–Kier alpha value is -4.49. The number of esters is 1. The molecule has 3 aliphatic heterocycles. The first-order valence-electron chi connectivity index (χ1n) is 15.5. The maximum Gasteiger partial charge on any atom is 0.338 e. The molecule has 1 amide bonds. The van der Waals surface area contributed by atoms with Crippen molar-refractivity contribution in [3.8, 4) is 0 Å². The van der Waals surface area contributed by atoms with Crippen molar-refractivity contribution in [2.75, 3.05) is 32.8 Å². The number of aromatic nitrogens is 1. The molecule has 4 heterocycles. The van der Waals surface area contributed by atoms with Gasteiger partial charge in [-0.05, 0) is 55.7 Å². The van der Waals surface area contributed by atoms with Gasteiger partial charge >= 0.3 is 11.9 Å². The van der Waals surface area contributed by atoms with Crippen LogP contribution in [0.25, 0.3) is 0 Å². The smallest absolute Gasteiger partial charge is 0.338 e. The second-order valence-corrected chi connectivity index (χ2v) is 12.9. The van der Waals surface area contributed by atoms with Crippen LogP contribution in [0.3, 0.4) is 0 Å². The number of aliphatic imine (C=N–C) groups is 1. The number of hydrogen-bond acceptors (Lipinski definition) is 9. The van der Waals surface area contributed by atoms with Gasteiger partial charge in [0.05, 0.1) is 23.8 Å². The number of amides is 1. The van der Waals surface area contributed by atoms with E-state index in [1.54, 1.807) is 44.3 Å². The zero-order valence-corrected chi connectivity index (χ0v) is 27.0. The highest BCUT2D eigenvalue weighted by Gasteiger charge is 2.58. The number of halogens is 2. The topological polar surface area (TPSA) is 124 Å². The number of likely N-dealkylation sites (tertiary alicyclic amines) is 2. The molecule has 1 unspecified atom stereocenters. The van der Waals surface area contributed by atoms with E-state index in [1.807, 2.05) is 17.2 Å². The fourth-order valence-electron chi connectivity index (χ4n) is 6.67. The predicted octanol–water partition coefficient (Wildman–Crippen LogP) is 4.83. The molecule has 4 atom stereocenters. The minimum atomic E-state index is -2.04. The van der Waals surface area contributed by atoms with Crippen LogP contribution in [-0.2, 0) is 14.3 Å². The molecule has 47 heavy (non-hydrogen) atoms. The number of alkyl halides is 1. The van der Waals surface area contributed by atoms with Crippen molar-refractivity contribution in [1.82, 2.24) is 20.1 Å². The van der Waals surface area contributed by atoms with Crippen molar-refractivity contribution < 1.29 is 33.0 Å². The lowest BCUT2D eigenvalue weighted by molar-refractivity contribution is -0.142. The number of fused-ring (bicyclic) bond motifs is 1. The van der Waals surface area contributed by atoms with Gasteiger partial charge in [0.15, 0.2) is 16.5 Å². The van der Waals surface area contributed by atoms with Crippen molar-refractivity contribution >= 4 is 35.0 Å². The first-order valence-corrected chi connectivity index (χ1v) is 16.3. The molecule has 0 radical (unpaired) electrons. The van der Waals surface area contributed by atoms with Gasteiger partial charge in [-0.25, -0.2) is 23.4 Å². The number of piperidine rings is 1. The molecule has 2 fully saturated rings. The van der Waals surface area contributed by atoms with E-state index in [9.17, 15) is 23.9 Å². The number of ether oxygens (including phenoxy) is 1. The summed E-state index contributed by atoms with van der Waals surface area (Å²) in [7, 11) is 0. The van der Waals surface area contributed by atoms with E-state index in [0.29, 0.717) is 33.2 Å². The molecular weight excluding hydrogens is 628 g/mol. The first-order chi connectivity index (χ1) is 22.5. The molecule has 1 aromatic heterocycles. The van der Waals surface area contributed by atoms with Crippen LogP contribution < -0.4 is 5.32 Å². The number of carboxylic acids is 1. The summed E-state index contributed by atoms with van der Waals surface area (Å²) < 4.78 is 36.7. The molecule has 246 valence electrons. The van der Waals surface area contributed by atoms with Crippen LogP contribution in [0.15, 0.2) is 70.3 Å². The van der Waals surface area contributed by atoms with Crippen LogP contribution in [-0.4, -0.2) is 82.0 Å². The number of nitrogens with zero attached hydrogens (tertiary/aromatic N) is 4. The number of carboxylic acid groups (broad SMARTS) is 1.